The minimum atomic E-state index is -3.20. The van der Waals surface area contributed by atoms with Crippen molar-refractivity contribution >= 4 is 15.9 Å². The summed E-state index contributed by atoms with van der Waals surface area (Å²) in [5.41, 5.74) is 2.47. The van der Waals surface area contributed by atoms with E-state index in [0.29, 0.717) is 5.69 Å². The van der Waals surface area contributed by atoms with Crippen LogP contribution >= 0.6 is 0 Å². The normalized spacial score (nSPS) is 14.7. The number of likely N-dealkylation sites (N-methyl/N-ethyl adjacent to an activating group) is 1. The lowest BCUT2D eigenvalue weighted by atomic mass is 10.2. The highest BCUT2D eigenvalue weighted by Gasteiger charge is 2.22. The Labute approximate surface area is 112 Å². The Morgan fingerprint density at radius 2 is 2.21 bits per heavy atom. The van der Waals surface area contributed by atoms with E-state index in [-0.39, 0.29) is 19.0 Å². The van der Waals surface area contributed by atoms with Crippen molar-refractivity contribution in [2.24, 2.45) is 0 Å². The number of sulfonamides is 1. The van der Waals surface area contributed by atoms with E-state index in [4.69, 9.17) is 0 Å². The molecule has 1 heterocycles. The fraction of sp³-hybridized carbons (Fsp3) is 0.636. The number of hydrogen-bond donors (Lipinski definition) is 2. The van der Waals surface area contributed by atoms with Gasteiger partial charge in [0.05, 0.1) is 6.26 Å². The molecule has 19 heavy (non-hydrogen) atoms. The topological polar surface area (TPSA) is 95.2 Å². The van der Waals surface area contributed by atoms with Gasteiger partial charge in [-0.15, -0.1) is 0 Å². The lowest BCUT2D eigenvalue weighted by Crippen LogP contribution is -2.36. The van der Waals surface area contributed by atoms with Crippen LogP contribution in [0.25, 0.3) is 0 Å². The van der Waals surface area contributed by atoms with Crippen LogP contribution in [-0.2, 0) is 22.9 Å². The lowest BCUT2D eigenvalue weighted by molar-refractivity contribution is 0.0946. The lowest BCUT2D eigenvalue weighted by Gasteiger charge is -2.13. The van der Waals surface area contributed by atoms with Crippen LogP contribution in [0.4, 0.5) is 0 Å². The molecule has 2 rings (SSSR count). The minimum absolute atomic E-state index is 0.247. The van der Waals surface area contributed by atoms with Crippen molar-refractivity contribution in [3.63, 3.8) is 0 Å². The van der Waals surface area contributed by atoms with Gasteiger partial charge in [0.2, 0.25) is 10.0 Å². The predicted molar refractivity (Wildman–Crippen MR) is 70.4 cm³/mol. The van der Waals surface area contributed by atoms with Gasteiger partial charge in [0.15, 0.2) is 5.69 Å². The van der Waals surface area contributed by atoms with E-state index in [1.165, 1.54) is 11.4 Å². The first-order valence-electron chi connectivity index (χ1n) is 6.15. The van der Waals surface area contributed by atoms with Gasteiger partial charge in [-0.1, -0.05) is 0 Å². The quantitative estimate of drug-likeness (QED) is 0.764. The van der Waals surface area contributed by atoms with E-state index in [9.17, 15) is 13.2 Å². The molecule has 0 radical (unpaired) electrons. The fourth-order valence-electron chi connectivity index (χ4n) is 2.08. The highest BCUT2D eigenvalue weighted by Crippen LogP contribution is 2.22. The molecule has 1 amide bonds. The van der Waals surface area contributed by atoms with Crippen molar-refractivity contribution in [1.29, 1.82) is 0 Å². The number of fused-ring (bicyclic) bond motifs is 1. The number of carbonyl (C=O) groups excluding carboxylic acids is 1. The van der Waals surface area contributed by atoms with E-state index >= 15 is 0 Å². The highest BCUT2D eigenvalue weighted by atomic mass is 32.2. The summed E-state index contributed by atoms with van der Waals surface area (Å²) in [7, 11) is -1.72. The first-order valence-corrected chi connectivity index (χ1v) is 8.00. The van der Waals surface area contributed by atoms with Gasteiger partial charge < -0.3 is 5.32 Å². The summed E-state index contributed by atoms with van der Waals surface area (Å²) >= 11 is 0. The molecule has 106 valence electrons. The molecule has 0 spiro atoms. The smallest absolute Gasteiger partial charge is 0.272 e. The molecule has 1 aliphatic rings. The van der Waals surface area contributed by atoms with Crippen LogP contribution < -0.4 is 5.32 Å². The first-order chi connectivity index (χ1) is 8.89. The van der Waals surface area contributed by atoms with Crippen molar-refractivity contribution < 1.29 is 13.2 Å². The second kappa shape index (κ2) is 5.30. The van der Waals surface area contributed by atoms with Crippen LogP contribution in [-0.4, -0.2) is 55.2 Å². The Kier molecular flexibility index (Phi) is 3.91. The molecule has 1 aliphatic carbocycles. The van der Waals surface area contributed by atoms with Crippen molar-refractivity contribution in [2.45, 2.75) is 19.3 Å². The molecule has 0 fully saturated rings. The van der Waals surface area contributed by atoms with Crippen molar-refractivity contribution in [2.75, 3.05) is 26.4 Å². The Bertz CT molecular complexity index is 579. The van der Waals surface area contributed by atoms with E-state index in [1.807, 2.05) is 0 Å². The molecule has 1 aromatic heterocycles. The highest BCUT2D eigenvalue weighted by molar-refractivity contribution is 7.88. The Morgan fingerprint density at radius 3 is 2.89 bits per heavy atom. The number of aromatic amines is 1. The van der Waals surface area contributed by atoms with Crippen molar-refractivity contribution in [3.05, 3.63) is 17.0 Å². The third-order valence-electron chi connectivity index (χ3n) is 3.30. The van der Waals surface area contributed by atoms with Gasteiger partial charge in [0.1, 0.15) is 0 Å². The van der Waals surface area contributed by atoms with E-state index in [2.05, 4.69) is 15.5 Å². The van der Waals surface area contributed by atoms with E-state index in [1.54, 1.807) is 0 Å². The summed E-state index contributed by atoms with van der Waals surface area (Å²) in [6, 6.07) is 0. The molecular formula is C11H18N4O3S. The average Bonchev–Trinajstić information content (AvgIpc) is 2.88. The summed E-state index contributed by atoms with van der Waals surface area (Å²) in [5.74, 6) is -0.249. The zero-order chi connectivity index (χ0) is 14.0. The maximum atomic E-state index is 11.9. The van der Waals surface area contributed by atoms with Crippen LogP contribution in [0.1, 0.15) is 28.2 Å². The first kappa shape index (κ1) is 14.0. The number of nitrogens with one attached hydrogen (secondary N) is 2. The molecule has 0 saturated heterocycles. The molecular weight excluding hydrogens is 268 g/mol. The molecule has 0 saturated carbocycles. The molecule has 7 nitrogen and oxygen atoms in total. The second-order valence-corrected chi connectivity index (χ2v) is 6.81. The van der Waals surface area contributed by atoms with Crippen LogP contribution in [0.3, 0.4) is 0 Å². The van der Waals surface area contributed by atoms with E-state index < -0.39 is 10.0 Å². The van der Waals surface area contributed by atoms with E-state index in [0.717, 1.165) is 36.8 Å². The number of aryl methyl sites for hydroxylation is 1. The Morgan fingerprint density at radius 1 is 1.47 bits per heavy atom. The van der Waals surface area contributed by atoms with Crippen molar-refractivity contribution in [3.8, 4) is 0 Å². The van der Waals surface area contributed by atoms with Gasteiger partial charge in [-0.2, -0.15) is 5.10 Å². The Balaban J connectivity index is 1.88. The Hall–Kier alpha value is -1.41. The van der Waals surface area contributed by atoms with Gasteiger partial charge >= 0.3 is 0 Å². The third-order valence-corrected chi connectivity index (χ3v) is 4.61. The zero-order valence-corrected chi connectivity index (χ0v) is 11.9. The summed E-state index contributed by atoms with van der Waals surface area (Å²) in [6.45, 7) is 0.515. The number of hydrogen-bond acceptors (Lipinski definition) is 4. The number of carbonyl (C=O) groups is 1. The number of rotatable bonds is 5. The minimum Gasteiger partial charge on any atom is -0.349 e. The molecule has 0 aliphatic heterocycles. The molecule has 1 aromatic rings. The SMILES string of the molecule is CN(CCNC(=O)c1n[nH]c2c1CCC2)S(C)(=O)=O. The molecule has 0 bridgehead atoms. The molecule has 0 unspecified atom stereocenters. The van der Waals surface area contributed by atoms with Crippen LogP contribution in [0, 0.1) is 0 Å². The summed E-state index contributed by atoms with van der Waals surface area (Å²) < 4.78 is 23.6. The number of H-pyrrole nitrogens is 1. The maximum absolute atomic E-state index is 11.9. The predicted octanol–water partition coefficient (Wildman–Crippen LogP) is -0.480. The molecule has 8 heteroatoms. The van der Waals surface area contributed by atoms with Crippen LogP contribution in [0.5, 0.6) is 0 Å². The number of nitrogens with zero attached hydrogens (tertiary/aromatic N) is 2. The second-order valence-electron chi connectivity index (χ2n) is 4.72. The molecule has 0 atom stereocenters. The summed E-state index contributed by atoms with van der Waals surface area (Å²) in [6.07, 6.45) is 3.99. The summed E-state index contributed by atoms with van der Waals surface area (Å²) in [5, 5.41) is 9.58. The van der Waals surface area contributed by atoms with Gasteiger partial charge in [-0.3, -0.25) is 9.89 Å². The fourth-order valence-corrected chi connectivity index (χ4v) is 2.51. The molecule has 2 N–H and O–H groups in total. The van der Waals surface area contributed by atoms with Gasteiger partial charge in [0.25, 0.3) is 5.91 Å². The van der Waals surface area contributed by atoms with Crippen molar-refractivity contribution in [1.82, 2.24) is 19.8 Å². The van der Waals surface area contributed by atoms with Crippen LogP contribution in [0.15, 0.2) is 0 Å². The monoisotopic (exact) mass is 286 g/mol. The molecule has 0 aromatic carbocycles. The van der Waals surface area contributed by atoms with Gasteiger partial charge in [-0.05, 0) is 19.3 Å². The number of amides is 1. The largest absolute Gasteiger partial charge is 0.349 e. The number of aromatic nitrogens is 2. The zero-order valence-electron chi connectivity index (χ0n) is 11.1. The standard InChI is InChI=1S/C11H18N4O3S/c1-15(19(2,17)18)7-6-12-11(16)10-8-4-3-5-9(8)13-14-10/h3-7H2,1-2H3,(H,12,16)(H,13,14). The third kappa shape index (κ3) is 3.13. The van der Waals surface area contributed by atoms with Gasteiger partial charge in [0, 0.05) is 31.4 Å². The average molecular weight is 286 g/mol. The maximum Gasteiger partial charge on any atom is 0.272 e. The van der Waals surface area contributed by atoms with Crippen LogP contribution in [0.2, 0.25) is 0 Å². The summed E-state index contributed by atoms with van der Waals surface area (Å²) in [4.78, 5) is 11.9. The van der Waals surface area contributed by atoms with Gasteiger partial charge in [-0.25, -0.2) is 12.7 Å².